The predicted octanol–water partition coefficient (Wildman–Crippen LogP) is 5.08. The molecule has 0 saturated carbocycles. The Kier molecular flexibility index (Phi) is 10.7. The maximum Gasteiger partial charge on any atom is 0.244 e. The minimum absolute atomic E-state index is 0.0848. The highest BCUT2D eigenvalue weighted by molar-refractivity contribution is 9.10. The minimum atomic E-state index is -3.79. The molecule has 0 aromatic heterocycles. The maximum absolute atomic E-state index is 14.1. The van der Waals surface area contributed by atoms with Gasteiger partial charge in [0.1, 0.15) is 12.6 Å². The molecular formula is C30H36BrN3O4S. The zero-order valence-corrected chi connectivity index (χ0v) is 25.2. The van der Waals surface area contributed by atoms with Crippen LogP contribution in [-0.4, -0.2) is 50.0 Å². The predicted molar refractivity (Wildman–Crippen MR) is 160 cm³/mol. The van der Waals surface area contributed by atoms with E-state index in [-0.39, 0.29) is 24.9 Å². The Hall–Kier alpha value is -3.17. The number of rotatable bonds is 12. The van der Waals surface area contributed by atoms with E-state index in [1.54, 1.807) is 18.2 Å². The van der Waals surface area contributed by atoms with Gasteiger partial charge in [0.15, 0.2) is 0 Å². The highest BCUT2D eigenvalue weighted by Crippen LogP contribution is 2.22. The largest absolute Gasteiger partial charge is 0.352 e. The number of sulfonamides is 1. The standard InChI is InChI=1S/C30H36BrN3O4S/c1-5-23(3)32-30(36)28(19-24-12-7-6-8-13-24)33(20-25-14-10-15-26(31)18-25)29(35)21-34(39(4,37)38)27-16-9-11-22(2)17-27/h6-18,23,28H,5,19-21H2,1-4H3,(H,32,36)/t23-,28-/m1/s1. The van der Waals surface area contributed by atoms with Gasteiger partial charge in [-0.1, -0.05) is 77.5 Å². The molecule has 0 bridgehead atoms. The van der Waals surface area contributed by atoms with E-state index in [1.165, 1.54) is 4.90 Å². The first-order valence-corrected chi connectivity index (χ1v) is 15.5. The lowest BCUT2D eigenvalue weighted by Crippen LogP contribution is -2.54. The van der Waals surface area contributed by atoms with E-state index in [0.29, 0.717) is 5.69 Å². The van der Waals surface area contributed by atoms with Crippen molar-refractivity contribution >= 4 is 43.5 Å². The van der Waals surface area contributed by atoms with Crippen LogP contribution in [0.2, 0.25) is 0 Å². The van der Waals surface area contributed by atoms with E-state index in [1.807, 2.05) is 81.4 Å². The van der Waals surface area contributed by atoms with Crippen LogP contribution in [0.15, 0.2) is 83.3 Å². The zero-order chi connectivity index (χ0) is 28.6. The molecule has 2 amide bonds. The quantitative estimate of drug-likeness (QED) is 0.309. The van der Waals surface area contributed by atoms with Crippen molar-refractivity contribution < 1.29 is 18.0 Å². The summed E-state index contributed by atoms with van der Waals surface area (Å²) in [5.41, 5.74) is 2.98. The summed E-state index contributed by atoms with van der Waals surface area (Å²) in [7, 11) is -3.79. The fraction of sp³-hybridized carbons (Fsp3) is 0.333. The molecule has 0 saturated heterocycles. The fourth-order valence-electron chi connectivity index (χ4n) is 4.22. The Bertz CT molecular complexity index is 1380. The number of carbonyl (C=O) groups excluding carboxylic acids is 2. The van der Waals surface area contributed by atoms with Gasteiger partial charge < -0.3 is 10.2 Å². The number of aryl methyl sites for hydroxylation is 1. The molecule has 0 spiro atoms. The van der Waals surface area contributed by atoms with Gasteiger partial charge in [-0.2, -0.15) is 0 Å². The number of nitrogens with one attached hydrogen (secondary N) is 1. The first kappa shape index (κ1) is 30.4. The normalized spacial score (nSPS) is 12.8. The van der Waals surface area contributed by atoms with Gasteiger partial charge in [0.2, 0.25) is 21.8 Å². The van der Waals surface area contributed by atoms with Crippen LogP contribution in [-0.2, 0) is 32.6 Å². The second-order valence-electron chi connectivity index (χ2n) is 9.78. The molecule has 3 aromatic rings. The molecule has 0 aliphatic rings. The molecule has 3 rings (SSSR count). The van der Waals surface area contributed by atoms with E-state index >= 15 is 0 Å². The van der Waals surface area contributed by atoms with E-state index < -0.39 is 28.5 Å². The summed E-state index contributed by atoms with van der Waals surface area (Å²) in [6, 6.07) is 23.1. The van der Waals surface area contributed by atoms with Crippen LogP contribution in [0, 0.1) is 6.92 Å². The van der Waals surface area contributed by atoms with Gasteiger partial charge >= 0.3 is 0 Å². The Labute approximate surface area is 240 Å². The van der Waals surface area contributed by atoms with E-state index in [2.05, 4.69) is 21.2 Å². The smallest absolute Gasteiger partial charge is 0.244 e. The summed E-state index contributed by atoms with van der Waals surface area (Å²) in [4.78, 5) is 29.2. The lowest BCUT2D eigenvalue weighted by Gasteiger charge is -2.34. The third-order valence-electron chi connectivity index (χ3n) is 6.48. The molecule has 1 N–H and O–H groups in total. The summed E-state index contributed by atoms with van der Waals surface area (Å²) in [6.45, 7) is 5.46. The van der Waals surface area contributed by atoms with Crippen molar-refractivity contribution in [2.75, 3.05) is 17.1 Å². The van der Waals surface area contributed by atoms with Crippen molar-refractivity contribution in [3.63, 3.8) is 0 Å². The van der Waals surface area contributed by atoms with Crippen molar-refractivity contribution in [1.29, 1.82) is 0 Å². The molecule has 0 aliphatic heterocycles. The van der Waals surface area contributed by atoms with Crippen LogP contribution in [0.25, 0.3) is 0 Å². The third-order valence-corrected chi connectivity index (χ3v) is 8.12. The SMILES string of the molecule is CC[C@@H](C)NC(=O)[C@@H](Cc1ccccc1)N(Cc1cccc(Br)c1)C(=O)CN(c1cccc(C)c1)S(C)(=O)=O. The van der Waals surface area contributed by atoms with Gasteiger partial charge in [-0.05, 0) is 61.2 Å². The Morgan fingerprint density at radius 3 is 2.23 bits per heavy atom. The highest BCUT2D eigenvalue weighted by atomic mass is 79.9. The fourth-order valence-corrected chi connectivity index (χ4v) is 5.51. The van der Waals surface area contributed by atoms with Crippen molar-refractivity contribution in [2.24, 2.45) is 0 Å². The first-order valence-electron chi connectivity index (χ1n) is 12.9. The average Bonchev–Trinajstić information content (AvgIpc) is 2.89. The molecule has 3 aromatic carbocycles. The molecule has 2 atom stereocenters. The Balaban J connectivity index is 2.06. The summed E-state index contributed by atoms with van der Waals surface area (Å²) in [5.74, 6) is -0.750. The number of benzene rings is 3. The lowest BCUT2D eigenvalue weighted by molar-refractivity contribution is -0.140. The first-order chi connectivity index (χ1) is 18.5. The minimum Gasteiger partial charge on any atom is -0.352 e. The van der Waals surface area contributed by atoms with Crippen LogP contribution in [0.5, 0.6) is 0 Å². The van der Waals surface area contributed by atoms with E-state index in [9.17, 15) is 18.0 Å². The number of halogens is 1. The molecule has 0 heterocycles. The molecular weight excluding hydrogens is 578 g/mol. The molecule has 0 aliphatic carbocycles. The number of nitrogens with zero attached hydrogens (tertiary/aromatic N) is 2. The lowest BCUT2D eigenvalue weighted by atomic mass is 10.0. The van der Waals surface area contributed by atoms with Crippen molar-refractivity contribution in [3.05, 3.63) is 100 Å². The highest BCUT2D eigenvalue weighted by Gasteiger charge is 2.33. The van der Waals surface area contributed by atoms with Gasteiger partial charge in [0, 0.05) is 23.5 Å². The third kappa shape index (κ3) is 8.93. The van der Waals surface area contributed by atoms with Gasteiger partial charge in [0.25, 0.3) is 0 Å². The van der Waals surface area contributed by atoms with Crippen LogP contribution >= 0.6 is 15.9 Å². The molecule has 0 fully saturated rings. The molecule has 7 nitrogen and oxygen atoms in total. The van der Waals surface area contributed by atoms with Crippen molar-refractivity contribution in [1.82, 2.24) is 10.2 Å². The number of hydrogen-bond donors (Lipinski definition) is 1. The monoisotopic (exact) mass is 613 g/mol. The Morgan fingerprint density at radius 1 is 0.949 bits per heavy atom. The zero-order valence-electron chi connectivity index (χ0n) is 22.8. The number of hydrogen-bond acceptors (Lipinski definition) is 4. The van der Waals surface area contributed by atoms with Gasteiger partial charge in [-0.3, -0.25) is 13.9 Å². The van der Waals surface area contributed by atoms with Crippen molar-refractivity contribution in [3.8, 4) is 0 Å². The van der Waals surface area contributed by atoms with Crippen LogP contribution in [0.4, 0.5) is 5.69 Å². The Morgan fingerprint density at radius 2 is 1.62 bits per heavy atom. The number of amides is 2. The molecule has 9 heteroatoms. The summed E-state index contributed by atoms with van der Waals surface area (Å²) < 4.78 is 27.6. The summed E-state index contributed by atoms with van der Waals surface area (Å²) in [5, 5.41) is 3.03. The molecule has 208 valence electrons. The van der Waals surface area contributed by atoms with Gasteiger partial charge in [-0.15, -0.1) is 0 Å². The van der Waals surface area contributed by atoms with Gasteiger partial charge in [-0.25, -0.2) is 8.42 Å². The van der Waals surface area contributed by atoms with Crippen LogP contribution < -0.4 is 9.62 Å². The average molecular weight is 615 g/mol. The maximum atomic E-state index is 14.1. The van der Waals surface area contributed by atoms with Crippen LogP contribution in [0.3, 0.4) is 0 Å². The van der Waals surface area contributed by atoms with Crippen LogP contribution in [0.1, 0.15) is 37.0 Å². The number of carbonyl (C=O) groups is 2. The number of anilines is 1. The van der Waals surface area contributed by atoms with E-state index in [4.69, 9.17) is 0 Å². The summed E-state index contributed by atoms with van der Waals surface area (Å²) in [6.07, 6.45) is 2.10. The molecule has 39 heavy (non-hydrogen) atoms. The second-order valence-corrected chi connectivity index (χ2v) is 12.6. The topological polar surface area (TPSA) is 86.8 Å². The molecule has 0 unspecified atom stereocenters. The van der Waals surface area contributed by atoms with E-state index in [0.717, 1.165) is 38.1 Å². The summed E-state index contributed by atoms with van der Waals surface area (Å²) >= 11 is 3.48. The second kappa shape index (κ2) is 13.8. The van der Waals surface area contributed by atoms with Crippen molar-refractivity contribution in [2.45, 2.75) is 52.2 Å². The molecule has 0 radical (unpaired) electrons. The van der Waals surface area contributed by atoms with Gasteiger partial charge in [0.05, 0.1) is 11.9 Å².